The van der Waals surface area contributed by atoms with E-state index in [0.29, 0.717) is 5.03 Å². The highest BCUT2D eigenvalue weighted by atomic mass is 32.2. The Morgan fingerprint density at radius 1 is 1.30 bits per heavy atom. The zero-order valence-corrected chi connectivity index (χ0v) is 12.2. The van der Waals surface area contributed by atoms with Gasteiger partial charge in [-0.05, 0) is 31.0 Å². The van der Waals surface area contributed by atoms with Gasteiger partial charge in [-0.2, -0.15) is 0 Å². The van der Waals surface area contributed by atoms with Gasteiger partial charge in [0.05, 0.1) is 4.92 Å². The molecule has 0 fully saturated rings. The van der Waals surface area contributed by atoms with Gasteiger partial charge in [0.2, 0.25) is 5.82 Å². The first-order chi connectivity index (χ1) is 9.52. The second-order valence-electron chi connectivity index (χ2n) is 4.25. The standard InChI is InChI=1S/C13H14N4O2S/c1-8-4-5-9(2)10(6-8)20-13-11(17(18)19)12(14-3)15-7-16-13/h4-7H,1-3H3,(H,14,15,16). The van der Waals surface area contributed by atoms with E-state index in [1.165, 1.54) is 18.1 Å². The first-order valence-corrected chi connectivity index (χ1v) is 6.77. The molecule has 0 aliphatic carbocycles. The summed E-state index contributed by atoms with van der Waals surface area (Å²) >= 11 is 1.28. The third-order valence-electron chi connectivity index (χ3n) is 2.76. The number of rotatable bonds is 4. The minimum Gasteiger partial charge on any atom is -0.367 e. The molecule has 0 bridgehead atoms. The Hall–Kier alpha value is -2.15. The quantitative estimate of drug-likeness (QED) is 0.529. The molecule has 2 rings (SSSR count). The second kappa shape index (κ2) is 5.87. The van der Waals surface area contributed by atoms with Gasteiger partial charge in [0, 0.05) is 11.9 Å². The van der Waals surface area contributed by atoms with E-state index >= 15 is 0 Å². The summed E-state index contributed by atoms with van der Waals surface area (Å²) in [5.41, 5.74) is 2.06. The number of nitrogens with one attached hydrogen (secondary N) is 1. The summed E-state index contributed by atoms with van der Waals surface area (Å²) in [6.45, 7) is 3.95. The van der Waals surface area contributed by atoms with Crippen LogP contribution in [0.5, 0.6) is 0 Å². The smallest absolute Gasteiger partial charge is 0.343 e. The van der Waals surface area contributed by atoms with Crippen LogP contribution < -0.4 is 5.32 Å². The fraction of sp³-hybridized carbons (Fsp3) is 0.231. The number of aryl methyl sites for hydroxylation is 2. The van der Waals surface area contributed by atoms with Crippen molar-refractivity contribution in [2.45, 2.75) is 23.8 Å². The van der Waals surface area contributed by atoms with E-state index in [0.717, 1.165) is 16.0 Å². The molecule has 20 heavy (non-hydrogen) atoms. The maximum Gasteiger partial charge on any atom is 0.343 e. The summed E-state index contributed by atoms with van der Waals surface area (Å²) in [4.78, 5) is 19.6. The summed E-state index contributed by atoms with van der Waals surface area (Å²) in [6, 6.07) is 5.99. The van der Waals surface area contributed by atoms with Crippen molar-refractivity contribution in [2.24, 2.45) is 0 Å². The average molecular weight is 290 g/mol. The molecule has 1 aromatic heterocycles. The summed E-state index contributed by atoms with van der Waals surface area (Å²) < 4.78 is 0. The highest BCUT2D eigenvalue weighted by molar-refractivity contribution is 7.99. The van der Waals surface area contributed by atoms with Gasteiger partial charge in [-0.25, -0.2) is 9.97 Å². The van der Waals surface area contributed by atoms with Crippen molar-refractivity contribution in [3.05, 3.63) is 45.8 Å². The van der Waals surface area contributed by atoms with Gasteiger partial charge < -0.3 is 5.32 Å². The topological polar surface area (TPSA) is 81.0 Å². The lowest BCUT2D eigenvalue weighted by atomic mass is 10.2. The van der Waals surface area contributed by atoms with Crippen LogP contribution in [0.4, 0.5) is 11.5 Å². The number of anilines is 1. The van der Waals surface area contributed by atoms with Gasteiger partial charge in [0.1, 0.15) is 6.33 Å². The molecule has 0 atom stereocenters. The molecule has 6 nitrogen and oxygen atoms in total. The fourth-order valence-corrected chi connectivity index (χ4v) is 2.76. The van der Waals surface area contributed by atoms with Crippen molar-refractivity contribution in [1.29, 1.82) is 0 Å². The highest BCUT2D eigenvalue weighted by Gasteiger charge is 2.23. The maximum atomic E-state index is 11.2. The molecule has 104 valence electrons. The van der Waals surface area contributed by atoms with E-state index in [-0.39, 0.29) is 11.5 Å². The van der Waals surface area contributed by atoms with Crippen LogP contribution in [0.1, 0.15) is 11.1 Å². The first-order valence-electron chi connectivity index (χ1n) is 5.95. The second-order valence-corrected chi connectivity index (χ2v) is 5.28. The van der Waals surface area contributed by atoms with E-state index in [1.807, 2.05) is 32.0 Å². The lowest BCUT2D eigenvalue weighted by Gasteiger charge is -2.08. The molecule has 1 N–H and O–H groups in total. The molecule has 0 radical (unpaired) electrons. The minimum atomic E-state index is -0.459. The third kappa shape index (κ3) is 2.88. The van der Waals surface area contributed by atoms with Gasteiger partial charge in [-0.1, -0.05) is 23.9 Å². The summed E-state index contributed by atoms with van der Waals surface area (Å²) in [5.74, 6) is 0.220. The SMILES string of the molecule is CNc1ncnc(Sc2cc(C)ccc2C)c1[N+](=O)[O-]. The zero-order chi connectivity index (χ0) is 14.7. The molecule has 1 aromatic carbocycles. The molecule has 7 heteroatoms. The predicted octanol–water partition coefficient (Wildman–Crippen LogP) is 3.19. The van der Waals surface area contributed by atoms with E-state index in [1.54, 1.807) is 7.05 Å². The Labute approximate surface area is 120 Å². The summed E-state index contributed by atoms with van der Waals surface area (Å²) in [7, 11) is 1.60. The molecule has 0 aliphatic rings. The Balaban J connectivity index is 2.48. The van der Waals surface area contributed by atoms with Gasteiger partial charge in [0.15, 0.2) is 5.03 Å². The van der Waals surface area contributed by atoms with Crippen molar-refractivity contribution in [2.75, 3.05) is 12.4 Å². The molecule has 0 saturated heterocycles. The van der Waals surface area contributed by atoms with Crippen LogP contribution in [0.15, 0.2) is 34.4 Å². The van der Waals surface area contributed by atoms with Crippen LogP contribution >= 0.6 is 11.8 Å². The summed E-state index contributed by atoms with van der Waals surface area (Å²) in [5, 5.41) is 14.3. The average Bonchev–Trinajstić information content (AvgIpc) is 2.42. The lowest BCUT2D eigenvalue weighted by Crippen LogP contribution is -2.02. The normalized spacial score (nSPS) is 10.3. The third-order valence-corrected chi connectivity index (χ3v) is 3.91. The molecule has 0 spiro atoms. The van der Waals surface area contributed by atoms with E-state index in [9.17, 15) is 10.1 Å². The first kappa shape index (κ1) is 14.3. The van der Waals surface area contributed by atoms with E-state index in [4.69, 9.17) is 0 Å². The van der Waals surface area contributed by atoms with Gasteiger partial charge in [0.25, 0.3) is 0 Å². The number of nitrogens with zero attached hydrogens (tertiary/aromatic N) is 3. The van der Waals surface area contributed by atoms with Crippen LogP contribution in [0.2, 0.25) is 0 Å². The predicted molar refractivity (Wildman–Crippen MR) is 78.3 cm³/mol. The Morgan fingerprint density at radius 3 is 2.70 bits per heavy atom. The van der Waals surface area contributed by atoms with Gasteiger partial charge in [-0.15, -0.1) is 0 Å². The minimum absolute atomic E-state index is 0.0964. The van der Waals surface area contributed by atoms with Gasteiger partial charge in [-0.3, -0.25) is 10.1 Å². The number of aromatic nitrogens is 2. The van der Waals surface area contributed by atoms with Crippen molar-refractivity contribution in [3.63, 3.8) is 0 Å². The highest BCUT2D eigenvalue weighted by Crippen LogP contribution is 2.37. The molecule has 1 heterocycles. The largest absolute Gasteiger partial charge is 0.367 e. The van der Waals surface area contributed by atoms with E-state index < -0.39 is 4.92 Å². The molecule has 0 saturated carbocycles. The van der Waals surface area contributed by atoms with Crippen LogP contribution in [0, 0.1) is 24.0 Å². The molecule has 0 aliphatic heterocycles. The Bertz CT molecular complexity index is 661. The lowest BCUT2D eigenvalue weighted by molar-refractivity contribution is -0.387. The van der Waals surface area contributed by atoms with Crippen LogP contribution in [0.25, 0.3) is 0 Å². The molecule has 2 aromatic rings. The van der Waals surface area contributed by atoms with Crippen LogP contribution in [-0.4, -0.2) is 21.9 Å². The number of benzene rings is 1. The zero-order valence-electron chi connectivity index (χ0n) is 11.4. The van der Waals surface area contributed by atoms with Gasteiger partial charge >= 0.3 is 5.69 Å². The van der Waals surface area contributed by atoms with Crippen molar-refractivity contribution in [3.8, 4) is 0 Å². The molecular formula is C13H14N4O2S. The molecule has 0 amide bonds. The van der Waals surface area contributed by atoms with Crippen LogP contribution in [-0.2, 0) is 0 Å². The van der Waals surface area contributed by atoms with Crippen molar-refractivity contribution < 1.29 is 4.92 Å². The maximum absolute atomic E-state index is 11.2. The molecular weight excluding hydrogens is 276 g/mol. The van der Waals surface area contributed by atoms with Crippen molar-refractivity contribution >= 4 is 23.3 Å². The monoisotopic (exact) mass is 290 g/mol. The van der Waals surface area contributed by atoms with Crippen molar-refractivity contribution in [1.82, 2.24) is 9.97 Å². The Kier molecular flexibility index (Phi) is 4.19. The fourth-order valence-electron chi connectivity index (χ4n) is 1.71. The number of hydrogen-bond acceptors (Lipinski definition) is 6. The number of hydrogen-bond donors (Lipinski definition) is 1. The number of nitro groups is 1. The van der Waals surface area contributed by atoms with Crippen LogP contribution in [0.3, 0.4) is 0 Å². The Morgan fingerprint density at radius 2 is 2.05 bits per heavy atom. The summed E-state index contributed by atoms with van der Waals surface area (Å²) in [6.07, 6.45) is 1.33. The van der Waals surface area contributed by atoms with E-state index in [2.05, 4.69) is 15.3 Å². The molecule has 0 unspecified atom stereocenters.